The molecule has 0 aliphatic carbocycles. The highest BCUT2D eigenvalue weighted by atomic mass is 16.6. The summed E-state index contributed by atoms with van der Waals surface area (Å²) in [5, 5.41) is 9.21. The molecule has 124 valence electrons. The molecule has 3 aromatic rings. The average molecular weight is 323 g/mol. The summed E-state index contributed by atoms with van der Waals surface area (Å²) in [6.45, 7) is 7.91. The van der Waals surface area contributed by atoms with Gasteiger partial charge in [-0.1, -0.05) is 39.0 Å². The highest BCUT2D eigenvalue weighted by Crippen LogP contribution is 2.31. The van der Waals surface area contributed by atoms with Crippen molar-refractivity contribution in [3.63, 3.8) is 0 Å². The fourth-order valence-electron chi connectivity index (χ4n) is 2.58. The molecule has 4 rings (SSSR count). The van der Waals surface area contributed by atoms with Crippen LogP contribution in [0.1, 0.15) is 26.3 Å². The van der Waals surface area contributed by atoms with Crippen molar-refractivity contribution in [3.8, 4) is 11.4 Å². The van der Waals surface area contributed by atoms with Gasteiger partial charge in [-0.25, -0.2) is 0 Å². The van der Waals surface area contributed by atoms with Gasteiger partial charge in [0.1, 0.15) is 35.2 Å². The minimum Gasteiger partial charge on any atom is -0.488 e. The van der Waals surface area contributed by atoms with Gasteiger partial charge in [0.15, 0.2) is 0 Å². The second kappa shape index (κ2) is 5.60. The summed E-state index contributed by atoms with van der Waals surface area (Å²) in [5.41, 5.74) is 3.86. The third-order valence-electron chi connectivity index (χ3n) is 4.15. The Labute approximate surface area is 141 Å². The monoisotopic (exact) mass is 323 g/mol. The molecule has 1 aliphatic heterocycles. The number of rotatable bonds is 4. The smallest absolute Gasteiger partial charge is 0.146 e. The summed E-state index contributed by atoms with van der Waals surface area (Å²) in [6.07, 6.45) is 0.213. The van der Waals surface area contributed by atoms with Crippen LogP contribution in [0.5, 0.6) is 5.75 Å². The van der Waals surface area contributed by atoms with Gasteiger partial charge in [0.25, 0.3) is 0 Å². The van der Waals surface area contributed by atoms with E-state index in [9.17, 15) is 0 Å². The van der Waals surface area contributed by atoms with Crippen molar-refractivity contribution >= 4 is 11.0 Å². The van der Waals surface area contributed by atoms with Crippen LogP contribution in [0.25, 0.3) is 16.7 Å². The number of ether oxygens (including phenoxy) is 2. The zero-order valence-corrected chi connectivity index (χ0v) is 14.2. The van der Waals surface area contributed by atoms with Crippen molar-refractivity contribution in [1.82, 2.24) is 15.0 Å². The number of benzene rings is 2. The molecule has 0 spiro atoms. The van der Waals surface area contributed by atoms with Crippen molar-refractivity contribution < 1.29 is 9.47 Å². The van der Waals surface area contributed by atoms with Gasteiger partial charge in [-0.05, 0) is 35.2 Å². The van der Waals surface area contributed by atoms with Crippen LogP contribution in [0.2, 0.25) is 0 Å². The predicted molar refractivity (Wildman–Crippen MR) is 92.8 cm³/mol. The quantitative estimate of drug-likeness (QED) is 0.690. The Morgan fingerprint density at radius 2 is 1.79 bits per heavy atom. The van der Waals surface area contributed by atoms with E-state index in [4.69, 9.17) is 9.47 Å². The molecular formula is C19H21N3O2. The van der Waals surface area contributed by atoms with Crippen molar-refractivity contribution in [2.75, 3.05) is 13.2 Å². The lowest BCUT2D eigenvalue weighted by Gasteiger charge is -2.21. The molecule has 5 nitrogen and oxygen atoms in total. The van der Waals surface area contributed by atoms with Gasteiger partial charge in [0.2, 0.25) is 0 Å². The molecule has 2 heterocycles. The Morgan fingerprint density at radius 3 is 2.38 bits per heavy atom. The van der Waals surface area contributed by atoms with E-state index in [1.807, 2.05) is 30.3 Å². The summed E-state index contributed by atoms with van der Waals surface area (Å²) in [6, 6.07) is 14.1. The van der Waals surface area contributed by atoms with Crippen LogP contribution in [0, 0.1) is 0 Å². The topological polar surface area (TPSA) is 52.5 Å². The van der Waals surface area contributed by atoms with Crippen molar-refractivity contribution in [2.24, 2.45) is 0 Å². The van der Waals surface area contributed by atoms with E-state index in [0.717, 1.165) is 29.1 Å². The molecule has 1 aromatic heterocycles. The SMILES string of the molecule is CC(C)(C)c1ccc(OCC2CO2)c(-n2nc3ccccc3n2)c1. The average Bonchev–Trinajstić information content (AvgIpc) is 3.28. The summed E-state index contributed by atoms with van der Waals surface area (Å²) >= 11 is 0. The molecule has 1 saturated heterocycles. The van der Waals surface area contributed by atoms with Crippen LogP contribution in [0.4, 0.5) is 0 Å². The van der Waals surface area contributed by atoms with Gasteiger partial charge < -0.3 is 9.47 Å². The van der Waals surface area contributed by atoms with E-state index in [-0.39, 0.29) is 11.5 Å². The normalized spacial score (nSPS) is 17.2. The Kier molecular flexibility index (Phi) is 3.53. The van der Waals surface area contributed by atoms with Crippen molar-refractivity contribution in [2.45, 2.75) is 32.3 Å². The van der Waals surface area contributed by atoms with Crippen LogP contribution in [-0.4, -0.2) is 34.3 Å². The van der Waals surface area contributed by atoms with Crippen LogP contribution >= 0.6 is 0 Å². The fourth-order valence-corrected chi connectivity index (χ4v) is 2.58. The van der Waals surface area contributed by atoms with Gasteiger partial charge in [0.05, 0.1) is 6.61 Å². The molecule has 1 atom stereocenters. The summed E-state index contributed by atoms with van der Waals surface area (Å²) in [4.78, 5) is 1.67. The number of fused-ring (bicyclic) bond motifs is 1. The number of hydrogen-bond donors (Lipinski definition) is 0. The Morgan fingerprint density at radius 1 is 1.12 bits per heavy atom. The van der Waals surface area contributed by atoms with Crippen LogP contribution in [0.15, 0.2) is 42.5 Å². The highest BCUT2D eigenvalue weighted by Gasteiger charge is 2.24. The number of aromatic nitrogens is 3. The third-order valence-corrected chi connectivity index (χ3v) is 4.15. The Hall–Kier alpha value is -2.40. The lowest BCUT2D eigenvalue weighted by molar-refractivity contribution is 0.261. The maximum atomic E-state index is 5.95. The van der Waals surface area contributed by atoms with Gasteiger partial charge in [-0.15, -0.1) is 15.0 Å². The standard InChI is InChI=1S/C19H21N3O2/c1-19(2,3)13-8-9-18(24-12-14-11-23-14)17(10-13)22-20-15-6-4-5-7-16(15)21-22/h4-10,14H,11-12H2,1-3H3. The van der Waals surface area contributed by atoms with Gasteiger partial charge in [0, 0.05) is 0 Å². The van der Waals surface area contributed by atoms with E-state index in [1.165, 1.54) is 5.56 Å². The first-order valence-corrected chi connectivity index (χ1v) is 8.22. The van der Waals surface area contributed by atoms with Crippen LogP contribution < -0.4 is 4.74 Å². The second-order valence-corrected chi connectivity index (χ2v) is 7.18. The minimum absolute atomic E-state index is 0.0411. The number of nitrogens with zero attached hydrogens (tertiary/aromatic N) is 3. The molecule has 0 amide bonds. The first kappa shape index (κ1) is 15.1. The molecule has 0 bridgehead atoms. The maximum Gasteiger partial charge on any atom is 0.146 e. The van der Waals surface area contributed by atoms with Gasteiger partial charge in [-0.3, -0.25) is 0 Å². The zero-order valence-electron chi connectivity index (χ0n) is 14.2. The highest BCUT2D eigenvalue weighted by molar-refractivity contribution is 5.73. The lowest BCUT2D eigenvalue weighted by atomic mass is 9.87. The van der Waals surface area contributed by atoms with E-state index >= 15 is 0 Å². The second-order valence-electron chi connectivity index (χ2n) is 7.18. The molecule has 0 N–H and O–H groups in total. The summed E-state index contributed by atoms with van der Waals surface area (Å²) < 4.78 is 11.2. The van der Waals surface area contributed by atoms with E-state index in [1.54, 1.807) is 4.80 Å². The van der Waals surface area contributed by atoms with Crippen LogP contribution in [0.3, 0.4) is 0 Å². The molecule has 2 aromatic carbocycles. The summed E-state index contributed by atoms with van der Waals surface area (Å²) in [7, 11) is 0. The van der Waals surface area contributed by atoms with Gasteiger partial charge in [-0.2, -0.15) is 0 Å². The number of epoxide rings is 1. The first-order chi connectivity index (χ1) is 11.5. The van der Waals surface area contributed by atoms with Crippen molar-refractivity contribution in [1.29, 1.82) is 0 Å². The molecule has 0 saturated carbocycles. The van der Waals surface area contributed by atoms with E-state index in [0.29, 0.717) is 6.61 Å². The number of hydrogen-bond acceptors (Lipinski definition) is 4. The summed E-state index contributed by atoms with van der Waals surface area (Å²) in [5.74, 6) is 0.777. The van der Waals surface area contributed by atoms with E-state index < -0.39 is 0 Å². The molecule has 1 fully saturated rings. The Balaban J connectivity index is 1.79. The largest absolute Gasteiger partial charge is 0.488 e. The minimum atomic E-state index is 0.0411. The molecule has 24 heavy (non-hydrogen) atoms. The fraction of sp³-hybridized carbons (Fsp3) is 0.368. The predicted octanol–water partition coefficient (Wildman–Crippen LogP) is 3.50. The zero-order chi connectivity index (χ0) is 16.7. The molecule has 0 radical (unpaired) electrons. The van der Waals surface area contributed by atoms with E-state index in [2.05, 4.69) is 43.1 Å². The molecule has 1 unspecified atom stereocenters. The first-order valence-electron chi connectivity index (χ1n) is 8.22. The maximum absolute atomic E-state index is 5.95. The molecule has 1 aliphatic rings. The van der Waals surface area contributed by atoms with Gasteiger partial charge >= 0.3 is 0 Å². The van der Waals surface area contributed by atoms with Crippen LogP contribution in [-0.2, 0) is 10.2 Å². The molecular weight excluding hydrogens is 302 g/mol. The molecule has 5 heteroatoms. The third kappa shape index (κ3) is 2.99. The van der Waals surface area contributed by atoms with Crippen molar-refractivity contribution in [3.05, 3.63) is 48.0 Å². The Bertz CT molecular complexity index is 843. The lowest BCUT2D eigenvalue weighted by Crippen LogP contribution is -2.14.